The van der Waals surface area contributed by atoms with E-state index in [1.54, 1.807) is 0 Å². The Morgan fingerprint density at radius 1 is 1.33 bits per heavy atom. The molecular weight excluding hydrogens is 282 g/mol. The highest BCUT2D eigenvalue weighted by atomic mass is 19.2. The first-order valence-electron chi connectivity index (χ1n) is 6.69. The van der Waals surface area contributed by atoms with Crippen LogP contribution < -0.4 is 5.32 Å². The quantitative estimate of drug-likeness (QED) is 0.813. The van der Waals surface area contributed by atoms with Gasteiger partial charge in [0.1, 0.15) is 6.04 Å². The number of urea groups is 1. The fourth-order valence-electron chi connectivity index (χ4n) is 2.23. The lowest BCUT2D eigenvalue weighted by molar-refractivity contribution is -0.128. The van der Waals surface area contributed by atoms with E-state index in [-0.39, 0.29) is 12.1 Å². The van der Waals surface area contributed by atoms with Crippen LogP contribution in [0.4, 0.5) is 13.6 Å². The molecule has 1 saturated heterocycles. The predicted molar refractivity (Wildman–Crippen MR) is 70.3 cm³/mol. The number of aliphatic hydroxyl groups is 1. The van der Waals surface area contributed by atoms with Gasteiger partial charge in [0.2, 0.25) is 0 Å². The van der Waals surface area contributed by atoms with Gasteiger partial charge in [-0.1, -0.05) is 19.4 Å². The van der Waals surface area contributed by atoms with Crippen molar-refractivity contribution in [3.8, 4) is 0 Å². The van der Waals surface area contributed by atoms with Gasteiger partial charge in [0, 0.05) is 0 Å². The number of rotatable bonds is 5. The highest BCUT2D eigenvalue weighted by Gasteiger charge is 2.38. The number of amides is 3. The van der Waals surface area contributed by atoms with Crippen LogP contribution in [0.5, 0.6) is 0 Å². The summed E-state index contributed by atoms with van der Waals surface area (Å²) in [5.74, 6) is -2.53. The van der Waals surface area contributed by atoms with Gasteiger partial charge in [-0.15, -0.1) is 0 Å². The second kappa shape index (κ2) is 6.17. The lowest BCUT2D eigenvalue weighted by Crippen LogP contribution is -2.35. The number of benzene rings is 1. The molecule has 2 unspecified atom stereocenters. The van der Waals surface area contributed by atoms with Crippen molar-refractivity contribution in [3.63, 3.8) is 0 Å². The third-order valence-electron chi connectivity index (χ3n) is 3.37. The summed E-state index contributed by atoms with van der Waals surface area (Å²) < 4.78 is 26.0. The van der Waals surface area contributed by atoms with Crippen LogP contribution in [0, 0.1) is 11.6 Å². The Balaban J connectivity index is 2.08. The van der Waals surface area contributed by atoms with Gasteiger partial charge in [0.05, 0.1) is 12.6 Å². The molecule has 114 valence electrons. The van der Waals surface area contributed by atoms with Crippen LogP contribution >= 0.6 is 0 Å². The highest BCUT2D eigenvalue weighted by molar-refractivity contribution is 6.04. The molecule has 1 aromatic carbocycles. The summed E-state index contributed by atoms with van der Waals surface area (Å²) in [5, 5.41) is 12.5. The smallest absolute Gasteiger partial charge is 0.324 e. The van der Waals surface area contributed by atoms with Crippen molar-refractivity contribution < 1.29 is 23.5 Å². The minimum Gasteiger partial charge on any atom is -0.387 e. The molecule has 0 radical (unpaired) electrons. The number of carbonyl (C=O) groups excluding carboxylic acids is 2. The number of nitrogens with zero attached hydrogens (tertiary/aromatic N) is 1. The average Bonchev–Trinajstić information content (AvgIpc) is 2.70. The largest absolute Gasteiger partial charge is 0.387 e. The van der Waals surface area contributed by atoms with Gasteiger partial charge in [-0.3, -0.25) is 9.69 Å². The Morgan fingerprint density at radius 2 is 2.05 bits per heavy atom. The van der Waals surface area contributed by atoms with Crippen LogP contribution in [-0.2, 0) is 4.79 Å². The van der Waals surface area contributed by atoms with E-state index in [2.05, 4.69) is 5.32 Å². The van der Waals surface area contributed by atoms with E-state index in [0.29, 0.717) is 6.42 Å². The van der Waals surface area contributed by atoms with Crippen LogP contribution in [0.25, 0.3) is 0 Å². The first-order valence-corrected chi connectivity index (χ1v) is 6.69. The van der Waals surface area contributed by atoms with Crippen LogP contribution in [0.2, 0.25) is 0 Å². The predicted octanol–water partition coefficient (Wildman–Crippen LogP) is 1.72. The monoisotopic (exact) mass is 298 g/mol. The molecule has 3 amide bonds. The first-order chi connectivity index (χ1) is 9.93. The fraction of sp³-hybridized carbons (Fsp3) is 0.429. The van der Waals surface area contributed by atoms with Crippen molar-refractivity contribution in [1.29, 1.82) is 0 Å². The molecule has 1 aliphatic rings. The summed E-state index contributed by atoms with van der Waals surface area (Å²) in [4.78, 5) is 24.6. The number of hydrogen-bond acceptors (Lipinski definition) is 3. The van der Waals surface area contributed by atoms with Crippen LogP contribution in [-0.4, -0.2) is 34.5 Å². The zero-order valence-corrected chi connectivity index (χ0v) is 11.5. The van der Waals surface area contributed by atoms with E-state index >= 15 is 0 Å². The third kappa shape index (κ3) is 3.18. The molecular formula is C14H16F2N2O3. The molecule has 0 bridgehead atoms. The maximum Gasteiger partial charge on any atom is 0.324 e. The van der Waals surface area contributed by atoms with Crippen molar-refractivity contribution in [2.75, 3.05) is 6.54 Å². The van der Waals surface area contributed by atoms with E-state index in [1.807, 2.05) is 6.92 Å². The molecule has 1 heterocycles. The van der Waals surface area contributed by atoms with Crippen LogP contribution in [0.1, 0.15) is 31.4 Å². The molecule has 0 aromatic heterocycles. The molecule has 2 rings (SSSR count). The number of imide groups is 1. The zero-order valence-electron chi connectivity index (χ0n) is 11.5. The lowest BCUT2D eigenvalue weighted by Gasteiger charge is -2.18. The normalized spacial score (nSPS) is 19.8. The second-order valence-corrected chi connectivity index (χ2v) is 4.93. The number of hydrogen-bond donors (Lipinski definition) is 2. The van der Waals surface area contributed by atoms with Gasteiger partial charge < -0.3 is 10.4 Å². The molecule has 2 atom stereocenters. The van der Waals surface area contributed by atoms with E-state index < -0.39 is 35.7 Å². The summed E-state index contributed by atoms with van der Waals surface area (Å²) in [5.41, 5.74) is 0.105. The SMILES string of the molecule is CCCC1NC(=O)N(CC(O)c2ccc(F)c(F)c2)C1=O. The van der Waals surface area contributed by atoms with E-state index in [0.717, 1.165) is 23.5 Å². The number of nitrogens with one attached hydrogen (secondary N) is 1. The van der Waals surface area contributed by atoms with Gasteiger partial charge in [-0.05, 0) is 24.1 Å². The second-order valence-electron chi connectivity index (χ2n) is 4.93. The van der Waals surface area contributed by atoms with Crippen LogP contribution in [0.15, 0.2) is 18.2 Å². The Morgan fingerprint density at radius 3 is 2.67 bits per heavy atom. The Hall–Kier alpha value is -2.02. The van der Waals surface area contributed by atoms with Crippen molar-refractivity contribution in [2.45, 2.75) is 31.9 Å². The number of carbonyl (C=O) groups is 2. The number of β-amino-alcohol motifs (C(OH)–C–C–N with tert-alkyl or cyclic N) is 1. The van der Waals surface area contributed by atoms with E-state index in [4.69, 9.17) is 0 Å². The summed E-state index contributed by atoms with van der Waals surface area (Å²) >= 11 is 0. The van der Waals surface area contributed by atoms with Gasteiger partial charge in [-0.2, -0.15) is 0 Å². The molecule has 21 heavy (non-hydrogen) atoms. The molecule has 1 aromatic rings. The maximum absolute atomic E-state index is 13.1. The van der Waals surface area contributed by atoms with E-state index in [9.17, 15) is 23.5 Å². The first kappa shape index (κ1) is 15.4. The Labute approximate surface area is 120 Å². The molecule has 1 aliphatic heterocycles. The standard InChI is InChI=1S/C14H16F2N2O3/c1-2-3-11-13(20)18(14(21)17-11)7-12(19)8-4-5-9(15)10(16)6-8/h4-6,11-12,19H,2-3,7H2,1H3,(H,17,21). The van der Waals surface area contributed by atoms with Crippen molar-refractivity contribution >= 4 is 11.9 Å². The van der Waals surface area contributed by atoms with Gasteiger partial charge in [-0.25, -0.2) is 13.6 Å². The molecule has 2 N–H and O–H groups in total. The Kier molecular flexibility index (Phi) is 4.52. The number of halogens is 2. The maximum atomic E-state index is 13.1. The van der Waals surface area contributed by atoms with Gasteiger partial charge >= 0.3 is 6.03 Å². The lowest BCUT2D eigenvalue weighted by atomic mass is 10.1. The van der Waals surface area contributed by atoms with E-state index in [1.165, 1.54) is 6.07 Å². The molecule has 1 fully saturated rings. The molecule has 0 saturated carbocycles. The Bertz CT molecular complexity index is 565. The van der Waals surface area contributed by atoms with Gasteiger partial charge in [0.25, 0.3) is 5.91 Å². The molecule has 0 spiro atoms. The fourth-order valence-corrected chi connectivity index (χ4v) is 2.23. The van der Waals surface area contributed by atoms with Gasteiger partial charge in [0.15, 0.2) is 11.6 Å². The van der Waals surface area contributed by atoms with Crippen LogP contribution in [0.3, 0.4) is 0 Å². The topological polar surface area (TPSA) is 69.6 Å². The summed E-state index contributed by atoms with van der Waals surface area (Å²) in [6.45, 7) is 1.59. The zero-order chi connectivity index (χ0) is 15.6. The minimum absolute atomic E-state index is 0.105. The number of aliphatic hydroxyl groups excluding tert-OH is 1. The molecule has 7 heteroatoms. The van der Waals surface area contributed by atoms with Crippen molar-refractivity contribution in [3.05, 3.63) is 35.4 Å². The highest BCUT2D eigenvalue weighted by Crippen LogP contribution is 2.20. The van der Waals surface area contributed by atoms with Crippen molar-refractivity contribution in [2.24, 2.45) is 0 Å². The molecule has 5 nitrogen and oxygen atoms in total. The average molecular weight is 298 g/mol. The summed E-state index contributed by atoms with van der Waals surface area (Å²) in [6.07, 6.45) is -0.0197. The minimum atomic E-state index is -1.27. The summed E-state index contributed by atoms with van der Waals surface area (Å²) in [6, 6.07) is 1.78. The van der Waals surface area contributed by atoms with Crippen molar-refractivity contribution in [1.82, 2.24) is 10.2 Å². The molecule has 0 aliphatic carbocycles. The summed E-state index contributed by atoms with van der Waals surface area (Å²) in [7, 11) is 0. The third-order valence-corrected chi connectivity index (χ3v) is 3.37.